The Bertz CT molecular complexity index is 162. The summed E-state index contributed by atoms with van der Waals surface area (Å²) in [5.74, 6) is 1.73. The van der Waals surface area contributed by atoms with Crippen molar-refractivity contribution in [2.75, 3.05) is 33.0 Å². The Morgan fingerprint density at radius 2 is 2.14 bits per heavy atom. The highest BCUT2D eigenvalue weighted by Crippen LogP contribution is 2.35. The summed E-state index contributed by atoms with van der Waals surface area (Å²) in [6, 6.07) is 0.201. The molecule has 0 aromatic heterocycles. The van der Waals surface area contributed by atoms with Crippen LogP contribution in [0.2, 0.25) is 0 Å². The predicted molar refractivity (Wildman–Crippen MR) is 62.6 cm³/mol. The lowest BCUT2D eigenvalue weighted by molar-refractivity contribution is 0.277. The summed E-state index contributed by atoms with van der Waals surface area (Å²) in [5.41, 5.74) is 6.06. The van der Waals surface area contributed by atoms with Crippen molar-refractivity contribution in [1.82, 2.24) is 4.90 Å². The van der Waals surface area contributed by atoms with Crippen LogP contribution in [-0.2, 0) is 0 Å². The third kappa shape index (κ3) is 4.17. The van der Waals surface area contributed by atoms with Crippen LogP contribution >= 0.6 is 11.8 Å². The Labute approximate surface area is 91.0 Å². The highest BCUT2D eigenvalue weighted by atomic mass is 32.2. The zero-order valence-corrected chi connectivity index (χ0v) is 9.96. The summed E-state index contributed by atoms with van der Waals surface area (Å²) >= 11 is 1.81. The second kappa shape index (κ2) is 5.95. The van der Waals surface area contributed by atoms with Crippen LogP contribution < -0.4 is 5.73 Å². The molecule has 0 radical (unpaired) electrons. The molecule has 0 spiro atoms. The van der Waals surface area contributed by atoms with Crippen molar-refractivity contribution >= 4 is 11.8 Å². The molecule has 14 heavy (non-hydrogen) atoms. The molecule has 0 bridgehead atoms. The first-order valence-corrected chi connectivity index (χ1v) is 6.32. The smallest absolute Gasteiger partial charge is 0.0565 e. The molecule has 3 nitrogen and oxygen atoms in total. The van der Waals surface area contributed by atoms with E-state index in [2.05, 4.69) is 19.0 Å². The number of hydrogen-bond acceptors (Lipinski definition) is 4. The third-order valence-electron chi connectivity index (χ3n) is 2.65. The summed E-state index contributed by atoms with van der Waals surface area (Å²) in [7, 11) is 4.13. The van der Waals surface area contributed by atoms with Gasteiger partial charge in [0.1, 0.15) is 0 Å². The fourth-order valence-corrected chi connectivity index (χ4v) is 2.78. The molecule has 0 saturated heterocycles. The maximum atomic E-state index is 9.22. The van der Waals surface area contributed by atoms with E-state index in [9.17, 15) is 5.11 Å². The predicted octanol–water partition coefficient (Wildman–Crippen LogP) is 0.379. The van der Waals surface area contributed by atoms with Crippen molar-refractivity contribution in [3.8, 4) is 0 Å². The second-order valence-electron chi connectivity index (χ2n) is 4.31. The Balaban J connectivity index is 2.16. The normalized spacial score (nSPS) is 21.2. The quantitative estimate of drug-likeness (QED) is 0.648. The van der Waals surface area contributed by atoms with Gasteiger partial charge < -0.3 is 15.7 Å². The third-order valence-corrected chi connectivity index (χ3v) is 3.96. The van der Waals surface area contributed by atoms with Crippen molar-refractivity contribution < 1.29 is 5.11 Å². The van der Waals surface area contributed by atoms with Crippen LogP contribution in [0.1, 0.15) is 12.8 Å². The van der Waals surface area contributed by atoms with E-state index in [1.165, 1.54) is 12.8 Å². The van der Waals surface area contributed by atoms with Crippen molar-refractivity contribution in [2.24, 2.45) is 11.7 Å². The Morgan fingerprint density at radius 1 is 1.50 bits per heavy atom. The topological polar surface area (TPSA) is 49.5 Å². The van der Waals surface area contributed by atoms with E-state index >= 15 is 0 Å². The van der Waals surface area contributed by atoms with Gasteiger partial charge in [0, 0.05) is 23.6 Å². The molecule has 2 atom stereocenters. The van der Waals surface area contributed by atoms with Gasteiger partial charge in [-0.05, 0) is 32.9 Å². The molecule has 1 aliphatic carbocycles. The highest BCUT2D eigenvalue weighted by Gasteiger charge is 2.33. The SMILES string of the molecule is CN(C)CCSC(CO)C(N)C1CC1. The number of thioether (sulfide) groups is 1. The van der Waals surface area contributed by atoms with Crippen LogP contribution in [0, 0.1) is 5.92 Å². The lowest BCUT2D eigenvalue weighted by Gasteiger charge is -2.21. The summed E-state index contributed by atoms with van der Waals surface area (Å²) in [6.45, 7) is 1.27. The number of aliphatic hydroxyl groups is 1. The summed E-state index contributed by atoms with van der Waals surface area (Å²) < 4.78 is 0. The molecule has 0 amide bonds. The van der Waals surface area contributed by atoms with E-state index < -0.39 is 0 Å². The van der Waals surface area contributed by atoms with Crippen molar-refractivity contribution in [3.63, 3.8) is 0 Å². The molecule has 4 heteroatoms. The lowest BCUT2D eigenvalue weighted by atomic mass is 10.1. The monoisotopic (exact) mass is 218 g/mol. The molecule has 0 aromatic rings. The minimum atomic E-state index is 0.201. The van der Waals surface area contributed by atoms with E-state index in [0.717, 1.165) is 12.3 Å². The molecule has 3 N–H and O–H groups in total. The fraction of sp³-hybridized carbons (Fsp3) is 1.00. The van der Waals surface area contributed by atoms with Gasteiger partial charge in [-0.15, -0.1) is 0 Å². The summed E-state index contributed by atoms with van der Waals surface area (Å²) in [5, 5.41) is 9.46. The van der Waals surface area contributed by atoms with Gasteiger partial charge in [-0.3, -0.25) is 0 Å². The number of rotatable bonds is 7. The van der Waals surface area contributed by atoms with Crippen LogP contribution in [0.15, 0.2) is 0 Å². The molecule has 0 aliphatic heterocycles. The van der Waals surface area contributed by atoms with Crippen molar-refractivity contribution in [1.29, 1.82) is 0 Å². The molecule has 0 aromatic carbocycles. The Hall–Kier alpha value is 0.230. The standard InChI is InChI=1S/C10H22N2OS/c1-12(2)5-6-14-9(7-13)10(11)8-3-4-8/h8-10,13H,3-7,11H2,1-2H3. The average Bonchev–Trinajstić information content (AvgIpc) is 2.94. The van der Waals surface area contributed by atoms with Gasteiger partial charge >= 0.3 is 0 Å². The molecule has 2 unspecified atom stereocenters. The molecule has 1 aliphatic rings. The van der Waals surface area contributed by atoms with Crippen molar-refractivity contribution in [3.05, 3.63) is 0 Å². The molecule has 1 rings (SSSR count). The van der Waals surface area contributed by atoms with Gasteiger partial charge in [-0.1, -0.05) is 0 Å². The summed E-state index contributed by atoms with van der Waals surface area (Å²) in [4.78, 5) is 2.16. The number of nitrogens with two attached hydrogens (primary N) is 1. The van der Waals surface area contributed by atoms with Gasteiger partial charge in [-0.2, -0.15) is 11.8 Å². The number of hydrogen-bond donors (Lipinski definition) is 2. The molecular formula is C10H22N2OS. The first kappa shape index (κ1) is 12.3. The van der Waals surface area contributed by atoms with Crippen LogP contribution in [0.3, 0.4) is 0 Å². The van der Waals surface area contributed by atoms with Crippen molar-refractivity contribution in [2.45, 2.75) is 24.1 Å². The van der Waals surface area contributed by atoms with Crippen LogP contribution in [0.25, 0.3) is 0 Å². The zero-order chi connectivity index (χ0) is 10.6. The number of aliphatic hydroxyl groups excluding tert-OH is 1. The molecule has 84 valence electrons. The molecular weight excluding hydrogens is 196 g/mol. The van der Waals surface area contributed by atoms with Gasteiger partial charge in [0.25, 0.3) is 0 Å². The fourth-order valence-electron chi connectivity index (χ4n) is 1.46. The molecule has 1 saturated carbocycles. The first-order valence-electron chi connectivity index (χ1n) is 5.28. The maximum Gasteiger partial charge on any atom is 0.0565 e. The highest BCUT2D eigenvalue weighted by molar-refractivity contribution is 8.00. The van der Waals surface area contributed by atoms with E-state index in [1.807, 2.05) is 11.8 Å². The van der Waals surface area contributed by atoms with Crippen LogP contribution in [0.4, 0.5) is 0 Å². The molecule has 0 heterocycles. The van der Waals surface area contributed by atoms with Crippen LogP contribution in [-0.4, -0.2) is 54.3 Å². The van der Waals surface area contributed by atoms with E-state index in [4.69, 9.17) is 5.73 Å². The Kier molecular flexibility index (Phi) is 5.23. The van der Waals surface area contributed by atoms with E-state index in [1.54, 1.807) is 0 Å². The minimum absolute atomic E-state index is 0.201. The lowest BCUT2D eigenvalue weighted by Crippen LogP contribution is -2.37. The van der Waals surface area contributed by atoms with Gasteiger partial charge in [0.15, 0.2) is 0 Å². The van der Waals surface area contributed by atoms with Gasteiger partial charge in [0.2, 0.25) is 0 Å². The van der Waals surface area contributed by atoms with Gasteiger partial charge in [0.05, 0.1) is 6.61 Å². The largest absolute Gasteiger partial charge is 0.395 e. The Morgan fingerprint density at radius 3 is 2.57 bits per heavy atom. The van der Waals surface area contributed by atoms with Gasteiger partial charge in [-0.25, -0.2) is 0 Å². The average molecular weight is 218 g/mol. The summed E-state index contributed by atoms with van der Waals surface area (Å²) in [6.07, 6.45) is 2.51. The second-order valence-corrected chi connectivity index (χ2v) is 5.66. The molecule has 1 fully saturated rings. The maximum absolute atomic E-state index is 9.22. The van der Waals surface area contributed by atoms with E-state index in [-0.39, 0.29) is 17.9 Å². The minimum Gasteiger partial charge on any atom is -0.395 e. The van der Waals surface area contributed by atoms with Crippen LogP contribution in [0.5, 0.6) is 0 Å². The first-order chi connectivity index (χ1) is 6.65. The van der Waals surface area contributed by atoms with E-state index in [0.29, 0.717) is 5.92 Å². The zero-order valence-electron chi connectivity index (χ0n) is 9.15. The number of nitrogens with zero attached hydrogens (tertiary/aromatic N) is 1.